The van der Waals surface area contributed by atoms with Crippen molar-refractivity contribution in [2.24, 2.45) is 7.05 Å². The fourth-order valence-corrected chi connectivity index (χ4v) is 3.72. The van der Waals surface area contributed by atoms with E-state index in [2.05, 4.69) is 27.4 Å². The first-order chi connectivity index (χ1) is 11.6. The van der Waals surface area contributed by atoms with Crippen LogP contribution in [0.5, 0.6) is 0 Å². The summed E-state index contributed by atoms with van der Waals surface area (Å²) in [7, 11) is 1.95. The number of rotatable bonds is 2. The van der Waals surface area contributed by atoms with E-state index in [9.17, 15) is 4.79 Å². The Bertz CT molecular complexity index is 924. The zero-order chi connectivity index (χ0) is 16.8. The minimum absolute atomic E-state index is 0.0463. The average molecular weight is 324 g/mol. The van der Waals surface area contributed by atoms with Gasteiger partial charge in [0.2, 0.25) is 0 Å². The highest BCUT2D eigenvalue weighted by Gasteiger charge is 2.34. The van der Waals surface area contributed by atoms with Crippen LogP contribution in [0.4, 0.5) is 0 Å². The molecule has 124 valence electrons. The number of carbonyl (C=O) groups is 1. The number of H-pyrrole nitrogens is 1. The molecule has 3 aromatic rings. The number of hydrogen-bond donors (Lipinski definition) is 1. The van der Waals surface area contributed by atoms with Gasteiger partial charge in [0.05, 0.1) is 11.7 Å². The molecule has 1 atom stereocenters. The van der Waals surface area contributed by atoms with E-state index in [1.165, 1.54) is 5.56 Å². The summed E-state index contributed by atoms with van der Waals surface area (Å²) >= 11 is 0. The smallest absolute Gasteiger partial charge is 0.254 e. The Morgan fingerprint density at radius 3 is 2.79 bits per heavy atom. The predicted molar refractivity (Wildman–Crippen MR) is 89.6 cm³/mol. The molecule has 3 heterocycles. The van der Waals surface area contributed by atoms with Crippen molar-refractivity contribution in [1.29, 1.82) is 0 Å². The molecular weight excluding hydrogens is 304 g/mol. The first-order valence-electron chi connectivity index (χ1n) is 8.18. The molecule has 1 aliphatic rings. The number of nitrogens with zero attached hydrogens (tertiary/aromatic N) is 5. The molecule has 4 rings (SSSR count). The lowest BCUT2D eigenvalue weighted by Gasteiger charge is -2.25. The molecule has 24 heavy (non-hydrogen) atoms. The Balaban J connectivity index is 1.70. The number of hydrogen-bond acceptors (Lipinski definition) is 4. The first kappa shape index (κ1) is 14.9. The second-order valence-electron chi connectivity index (χ2n) is 6.39. The molecule has 1 fully saturated rings. The molecule has 7 nitrogen and oxygen atoms in total. The monoisotopic (exact) mass is 324 g/mol. The largest absolute Gasteiger partial charge is 0.331 e. The highest BCUT2D eigenvalue weighted by atomic mass is 16.2. The molecule has 0 bridgehead atoms. The summed E-state index contributed by atoms with van der Waals surface area (Å²) in [6.45, 7) is 4.86. The van der Waals surface area contributed by atoms with Gasteiger partial charge in [0.25, 0.3) is 5.91 Å². The van der Waals surface area contributed by atoms with Gasteiger partial charge in [-0.15, -0.1) is 0 Å². The van der Waals surface area contributed by atoms with E-state index in [0.717, 1.165) is 36.3 Å². The summed E-state index contributed by atoms with van der Waals surface area (Å²) < 4.78 is 1.90. The van der Waals surface area contributed by atoms with Crippen molar-refractivity contribution in [3.63, 3.8) is 0 Å². The van der Waals surface area contributed by atoms with E-state index in [0.29, 0.717) is 11.1 Å². The lowest BCUT2D eigenvalue weighted by Crippen LogP contribution is -2.31. The molecule has 2 aromatic heterocycles. The Morgan fingerprint density at radius 2 is 2.04 bits per heavy atom. The van der Waals surface area contributed by atoms with Crippen LogP contribution in [0.15, 0.2) is 18.2 Å². The van der Waals surface area contributed by atoms with Gasteiger partial charge in [0, 0.05) is 30.4 Å². The van der Waals surface area contributed by atoms with Crippen LogP contribution in [0, 0.1) is 13.8 Å². The van der Waals surface area contributed by atoms with Crippen molar-refractivity contribution in [2.45, 2.75) is 32.7 Å². The molecular formula is C17H20N6O. The van der Waals surface area contributed by atoms with Crippen molar-refractivity contribution >= 4 is 16.9 Å². The van der Waals surface area contributed by atoms with Crippen LogP contribution in [-0.2, 0) is 7.05 Å². The van der Waals surface area contributed by atoms with Gasteiger partial charge in [0.15, 0.2) is 0 Å². The Kier molecular flexibility index (Phi) is 3.37. The number of nitrogens with one attached hydrogen (secondary N) is 1. The summed E-state index contributed by atoms with van der Waals surface area (Å²) in [4.78, 5) is 15.0. The topological polar surface area (TPSA) is 79.7 Å². The van der Waals surface area contributed by atoms with Gasteiger partial charge < -0.3 is 4.90 Å². The third kappa shape index (κ3) is 2.19. The Morgan fingerprint density at radius 1 is 1.25 bits per heavy atom. The van der Waals surface area contributed by atoms with Gasteiger partial charge in [-0.25, -0.2) is 0 Å². The molecule has 7 heteroatoms. The standard InChI is InChI=1S/C17H20N6O/c1-10-16(11(2)22(3)20-10)15-5-4-8-23(15)17(24)12-6-7-13-14(9-12)19-21-18-13/h6-7,9,15H,4-5,8H2,1-3H3,(H,18,19,21). The number of fused-ring (bicyclic) bond motifs is 1. The third-order valence-corrected chi connectivity index (χ3v) is 4.98. The minimum atomic E-state index is 0.0463. The van der Waals surface area contributed by atoms with Crippen molar-refractivity contribution in [1.82, 2.24) is 30.1 Å². The molecule has 0 spiro atoms. The molecule has 1 aliphatic heterocycles. The van der Waals surface area contributed by atoms with Crippen molar-refractivity contribution in [2.75, 3.05) is 6.54 Å². The lowest BCUT2D eigenvalue weighted by atomic mass is 10.0. The number of aryl methyl sites for hydroxylation is 2. The van der Waals surface area contributed by atoms with E-state index in [1.54, 1.807) is 6.07 Å². The molecule has 1 unspecified atom stereocenters. The fraction of sp³-hybridized carbons (Fsp3) is 0.412. The second kappa shape index (κ2) is 5.43. The average Bonchev–Trinajstić information content (AvgIpc) is 3.26. The van der Waals surface area contributed by atoms with E-state index in [1.807, 2.05) is 35.7 Å². The maximum Gasteiger partial charge on any atom is 0.254 e. The maximum atomic E-state index is 13.1. The van der Waals surface area contributed by atoms with Gasteiger partial charge in [-0.05, 0) is 44.9 Å². The predicted octanol–water partition coefficient (Wildman–Crippen LogP) is 2.29. The minimum Gasteiger partial charge on any atom is -0.331 e. The molecule has 0 aliphatic carbocycles. The SMILES string of the molecule is Cc1nn(C)c(C)c1C1CCCN1C(=O)c1ccc2n[nH]nc2c1. The number of aromatic amines is 1. The van der Waals surface area contributed by atoms with Crippen LogP contribution >= 0.6 is 0 Å². The molecule has 1 N–H and O–H groups in total. The lowest BCUT2D eigenvalue weighted by molar-refractivity contribution is 0.0735. The van der Waals surface area contributed by atoms with E-state index < -0.39 is 0 Å². The number of likely N-dealkylation sites (tertiary alicyclic amines) is 1. The Hall–Kier alpha value is -2.70. The van der Waals surface area contributed by atoms with E-state index >= 15 is 0 Å². The van der Waals surface area contributed by atoms with Crippen LogP contribution in [0.2, 0.25) is 0 Å². The van der Waals surface area contributed by atoms with Crippen molar-refractivity contribution < 1.29 is 4.79 Å². The van der Waals surface area contributed by atoms with Crippen molar-refractivity contribution in [3.8, 4) is 0 Å². The highest BCUT2D eigenvalue weighted by Crippen LogP contribution is 2.36. The summed E-state index contributed by atoms with van der Waals surface area (Å²) in [5.74, 6) is 0.0463. The number of amides is 1. The van der Waals surface area contributed by atoms with Gasteiger partial charge in [-0.2, -0.15) is 20.5 Å². The first-order valence-corrected chi connectivity index (χ1v) is 8.18. The molecule has 1 aromatic carbocycles. The summed E-state index contributed by atoms with van der Waals surface area (Å²) in [5, 5.41) is 15.2. The van der Waals surface area contributed by atoms with Crippen LogP contribution < -0.4 is 0 Å². The summed E-state index contributed by atoms with van der Waals surface area (Å²) in [5.41, 5.74) is 5.46. The number of aromatic nitrogens is 5. The second-order valence-corrected chi connectivity index (χ2v) is 6.39. The zero-order valence-electron chi connectivity index (χ0n) is 14.1. The fourth-order valence-electron chi connectivity index (χ4n) is 3.72. The molecule has 1 saturated heterocycles. The molecule has 0 radical (unpaired) electrons. The zero-order valence-corrected chi connectivity index (χ0v) is 14.1. The van der Waals surface area contributed by atoms with E-state index in [-0.39, 0.29) is 11.9 Å². The summed E-state index contributed by atoms with van der Waals surface area (Å²) in [6, 6.07) is 5.56. The van der Waals surface area contributed by atoms with Gasteiger partial charge in [-0.3, -0.25) is 9.48 Å². The molecule has 0 saturated carbocycles. The van der Waals surface area contributed by atoms with Crippen LogP contribution in [-0.4, -0.2) is 42.5 Å². The Labute approximate surface area is 139 Å². The van der Waals surface area contributed by atoms with Gasteiger partial charge in [0.1, 0.15) is 11.0 Å². The normalized spacial score (nSPS) is 17.8. The molecule has 1 amide bonds. The van der Waals surface area contributed by atoms with Crippen LogP contribution in [0.3, 0.4) is 0 Å². The summed E-state index contributed by atoms with van der Waals surface area (Å²) in [6.07, 6.45) is 1.99. The van der Waals surface area contributed by atoms with Gasteiger partial charge in [-0.1, -0.05) is 0 Å². The highest BCUT2D eigenvalue weighted by molar-refractivity contribution is 5.97. The number of carbonyl (C=O) groups excluding carboxylic acids is 1. The number of benzene rings is 1. The third-order valence-electron chi connectivity index (χ3n) is 4.98. The quantitative estimate of drug-likeness (QED) is 0.784. The van der Waals surface area contributed by atoms with Crippen LogP contribution in [0.1, 0.15) is 46.2 Å². The van der Waals surface area contributed by atoms with E-state index in [4.69, 9.17) is 0 Å². The van der Waals surface area contributed by atoms with Gasteiger partial charge >= 0.3 is 0 Å². The van der Waals surface area contributed by atoms with Crippen LogP contribution in [0.25, 0.3) is 11.0 Å². The maximum absolute atomic E-state index is 13.1. The van der Waals surface area contributed by atoms with Crippen molar-refractivity contribution in [3.05, 3.63) is 40.7 Å².